The Bertz CT molecular complexity index is 8090. The van der Waals surface area contributed by atoms with Crippen molar-refractivity contribution in [1.82, 2.24) is 48.2 Å². The van der Waals surface area contributed by atoms with Gasteiger partial charge in [-0.3, -0.25) is 0 Å². The lowest BCUT2D eigenvalue weighted by molar-refractivity contribution is 1.07. The van der Waals surface area contributed by atoms with Crippen molar-refractivity contribution in [3.05, 3.63) is 449 Å². The first kappa shape index (κ1) is 72.4. The molecule has 0 bridgehead atoms. The second-order valence-electron chi connectivity index (χ2n) is 31.2. The molecule has 580 valence electrons. The van der Waals surface area contributed by atoms with Crippen LogP contribution in [0.2, 0.25) is 0 Å². The minimum Gasteiger partial charge on any atom is -0.309 e. The molecule has 10 nitrogen and oxygen atoms in total. The highest BCUT2D eigenvalue weighted by atomic mass is 15.1. The Labute approximate surface area is 715 Å². The van der Waals surface area contributed by atoms with Gasteiger partial charge in [0.1, 0.15) is 0 Å². The number of fused-ring (bicyclic) bond motifs is 12. The molecule has 0 aliphatic carbocycles. The molecule has 0 fully saturated rings. The lowest BCUT2D eigenvalue weighted by atomic mass is 9.97. The lowest BCUT2D eigenvalue weighted by Gasteiger charge is -2.12. The van der Waals surface area contributed by atoms with E-state index in [2.05, 4.69) is 346 Å². The van der Waals surface area contributed by atoms with Crippen LogP contribution in [-0.2, 0) is 0 Å². The standard InChI is InChI=1S/2C57H37N5/c1-4-18-38(19-5-1)55-58-56(39-20-6-2-7-21-39)60-57(59-55)42-24-14-22-40(36-42)45-30-16-35-52-53(45)48-29-11-13-33-50(48)62(52)44-27-15-23-41(37-44)46-31-17-34-51-54(46)47-28-10-12-32-49(47)61(51)43-25-8-3-9-26-43;1-4-16-39(17-5-1)55-58-56(40-18-6-2-7-19-40)60-57(59-55)43-21-14-20-42(36-43)46-26-15-29-53-54(46)48-25-11-13-28-51(48)62(53)45-33-30-38(31-34-45)41-32-35-52-49(37-41)47-24-10-12-27-50(47)61(52)44-22-8-3-9-23-44/h2*1-37H. The second-order valence-corrected chi connectivity index (χ2v) is 31.2. The predicted molar refractivity (Wildman–Crippen MR) is 511 cm³/mol. The monoisotopic (exact) mass is 1580 g/mol. The van der Waals surface area contributed by atoms with Crippen molar-refractivity contribution in [2.45, 2.75) is 0 Å². The summed E-state index contributed by atoms with van der Waals surface area (Å²) in [5.74, 6) is 3.85. The Morgan fingerprint density at radius 1 is 0.129 bits per heavy atom. The molecule has 0 radical (unpaired) electrons. The summed E-state index contributed by atoms with van der Waals surface area (Å²) >= 11 is 0. The molecule has 0 aliphatic rings. The summed E-state index contributed by atoms with van der Waals surface area (Å²) in [6, 6.07) is 159. The van der Waals surface area contributed by atoms with Gasteiger partial charge in [0.2, 0.25) is 0 Å². The summed E-state index contributed by atoms with van der Waals surface area (Å²) < 4.78 is 9.55. The van der Waals surface area contributed by atoms with E-state index in [9.17, 15) is 0 Å². The van der Waals surface area contributed by atoms with Crippen LogP contribution in [0.15, 0.2) is 449 Å². The zero-order valence-corrected chi connectivity index (χ0v) is 67.2. The quantitative estimate of drug-likeness (QED) is 0.108. The molecule has 6 aromatic heterocycles. The molecule has 10 heteroatoms. The number of para-hydroxylation sites is 6. The maximum Gasteiger partial charge on any atom is 0.164 e. The van der Waals surface area contributed by atoms with Gasteiger partial charge in [-0.05, 0) is 160 Å². The average molecular weight is 1580 g/mol. The highest BCUT2D eigenvalue weighted by Gasteiger charge is 2.24. The molecular weight excluding hydrogens is 1510 g/mol. The number of nitrogens with zero attached hydrogens (tertiary/aromatic N) is 10. The van der Waals surface area contributed by atoms with Gasteiger partial charge in [-0.2, -0.15) is 0 Å². The van der Waals surface area contributed by atoms with Gasteiger partial charge >= 0.3 is 0 Å². The molecule has 0 N–H and O–H groups in total. The van der Waals surface area contributed by atoms with E-state index in [1.165, 1.54) is 87.4 Å². The van der Waals surface area contributed by atoms with Gasteiger partial charge in [-0.15, -0.1) is 0 Å². The van der Waals surface area contributed by atoms with Gasteiger partial charge < -0.3 is 18.3 Å². The maximum absolute atomic E-state index is 5.05. The SMILES string of the molecule is c1ccc(-c2nc(-c3ccccc3)nc(-c3cccc(-c4cccc5c4c4ccccc4n5-c4ccc(-c5ccc6c(c5)c5ccccc5n6-c5ccccc5)cc4)c3)n2)cc1.c1ccc(-c2nc(-c3ccccc3)nc(-c3cccc(-c4cccc5c4c4ccccc4n5-c4cccc(-c5cccc6c5c5ccccc5n6-c5ccccc5)c4)c3)n2)cc1. The van der Waals surface area contributed by atoms with Crippen LogP contribution in [0.25, 0.3) is 223 Å². The molecule has 0 aliphatic heterocycles. The lowest BCUT2D eigenvalue weighted by Crippen LogP contribution is -2.00. The molecule has 24 aromatic rings. The highest BCUT2D eigenvalue weighted by Crippen LogP contribution is 2.46. The van der Waals surface area contributed by atoms with E-state index >= 15 is 0 Å². The molecule has 0 spiro atoms. The molecule has 18 aromatic carbocycles. The van der Waals surface area contributed by atoms with E-state index in [0.717, 1.165) is 100 Å². The number of aromatic nitrogens is 10. The first-order valence-corrected chi connectivity index (χ1v) is 41.9. The fourth-order valence-electron chi connectivity index (χ4n) is 18.3. The number of hydrogen-bond donors (Lipinski definition) is 0. The molecule has 6 heterocycles. The van der Waals surface area contributed by atoms with Crippen LogP contribution in [0.4, 0.5) is 0 Å². The minimum absolute atomic E-state index is 0.632. The second kappa shape index (κ2) is 30.8. The van der Waals surface area contributed by atoms with Gasteiger partial charge in [-0.1, -0.05) is 334 Å². The minimum atomic E-state index is 0.632. The molecule has 0 saturated carbocycles. The Morgan fingerprint density at radius 3 is 0.774 bits per heavy atom. The van der Waals surface area contributed by atoms with Crippen molar-refractivity contribution in [3.63, 3.8) is 0 Å². The number of benzene rings is 18. The van der Waals surface area contributed by atoms with Crippen LogP contribution in [0.5, 0.6) is 0 Å². The molecule has 24 rings (SSSR count). The fourth-order valence-corrected chi connectivity index (χ4v) is 18.3. The largest absolute Gasteiger partial charge is 0.309 e. The summed E-state index contributed by atoms with van der Waals surface area (Å²) in [6.45, 7) is 0. The van der Waals surface area contributed by atoms with Crippen LogP contribution >= 0.6 is 0 Å². The predicted octanol–water partition coefficient (Wildman–Crippen LogP) is 28.8. The number of rotatable bonds is 14. The normalized spacial score (nSPS) is 11.5. The highest BCUT2D eigenvalue weighted by molar-refractivity contribution is 6.19. The van der Waals surface area contributed by atoms with Crippen molar-refractivity contribution in [2.75, 3.05) is 0 Å². The summed E-state index contributed by atoms with van der Waals surface area (Å²) in [5, 5.41) is 9.77. The van der Waals surface area contributed by atoms with E-state index in [0.29, 0.717) is 34.9 Å². The van der Waals surface area contributed by atoms with E-state index in [1.54, 1.807) is 0 Å². The first-order chi connectivity index (χ1) is 61.5. The van der Waals surface area contributed by atoms with E-state index in [4.69, 9.17) is 29.9 Å². The van der Waals surface area contributed by atoms with E-state index < -0.39 is 0 Å². The summed E-state index contributed by atoms with van der Waals surface area (Å²) in [4.78, 5) is 30.0. The Morgan fingerprint density at radius 2 is 0.379 bits per heavy atom. The zero-order valence-electron chi connectivity index (χ0n) is 67.2. The molecule has 0 amide bonds. The first-order valence-electron chi connectivity index (χ1n) is 41.9. The van der Waals surface area contributed by atoms with Crippen molar-refractivity contribution >= 4 is 87.2 Å². The summed E-state index contributed by atoms with van der Waals surface area (Å²) in [6.07, 6.45) is 0. The smallest absolute Gasteiger partial charge is 0.164 e. The van der Waals surface area contributed by atoms with Crippen LogP contribution in [0.3, 0.4) is 0 Å². The van der Waals surface area contributed by atoms with Crippen LogP contribution in [0, 0.1) is 0 Å². The molecule has 124 heavy (non-hydrogen) atoms. The average Bonchev–Trinajstić information content (AvgIpc) is 1.58. The van der Waals surface area contributed by atoms with E-state index in [1.807, 2.05) is 121 Å². The molecule has 0 unspecified atom stereocenters. The third-order valence-corrected chi connectivity index (χ3v) is 23.9. The van der Waals surface area contributed by atoms with Crippen LogP contribution in [0.1, 0.15) is 0 Å². The van der Waals surface area contributed by atoms with Crippen molar-refractivity contribution in [1.29, 1.82) is 0 Å². The van der Waals surface area contributed by atoms with Gasteiger partial charge in [0, 0.05) is 99.2 Å². The summed E-state index contributed by atoms with van der Waals surface area (Å²) in [5.41, 5.74) is 28.8. The van der Waals surface area contributed by atoms with Gasteiger partial charge in [0.15, 0.2) is 34.9 Å². The van der Waals surface area contributed by atoms with Crippen molar-refractivity contribution in [3.8, 4) is 136 Å². The topological polar surface area (TPSA) is 97.1 Å². The molecule has 0 saturated heterocycles. The van der Waals surface area contributed by atoms with Gasteiger partial charge in [0.05, 0.1) is 44.1 Å². The summed E-state index contributed by atoms with van der Waals surface area (Å²) in [7, 11) is 0. The van der Waals surface area contributed by atoms with Gasteiger partial charge in [0.25, 0.3) is 0 Å². The zero-order chi connectivity index (χ0) is 82.0. The maximum atomic E-state index is 5.05. The van der Waals surface area contributed by atoms with E-state index in [-0.39, 0.29) is 0 Å². The fraction of sp³-hybridized carbons (Fsp3) is 0. The molecular formula is C114H74N10. The van der Waals surface area contributed by atoms with Crippen LogP contribution in [-0.4, -0.2) is 48.2 Å². The van der Waals surface area contributed by atoms with Crippen LogP contribution < -0.4 is 0 Å². The number of hydrogen-bond acceptors (Lipinski definition) is 6. The Balaban J connectivity index is 0.000000143. The van der Waals surface area contributed by atoms with Crippen molar-refractivity contribution < 1.29 is 0 Å². The third-order valence-electron chi connectivity index (χ3n) is 23.9. The van der Waals surface area contributed by atoms with Crippen molar-refractivity contribution in [2.24, 2.45) is 0 Å². The Hall–Kier alpha value is -16.8. The van der Waals surface area contributed by atoms with Gasteiger partial charge in [-0.25, -0.2) is 29.9 Å². The Kier molecular flexibility index (Phi) is 18.0. The molecule has 0 atom stereocenters. The third kappa shape index (κ3) is 12.8.